The van der Waals surface area contributed by atoms with Gasteiger partial charge in [0.15, 0.2) is 0 Å². The van der Waals surface area contributed by atoms with E-state index in [9.17, 15) is 9.59 Å². The lowest BCUT2D eigenvalue weighted by Crippen LogP contribution is -2.37. The van der Waals surface area contributed by atoms with Crippen molar-refractivity contribution in [3.8, 4) is 0 Å². The lowest BCUT2D eigenvalue weighted by Gasteiger charge is -2.20. The van der Waals surface area contributed by atoms with E-state index >= 15 is 0 Å². The van der Waals surface area contributed by atoms with Gasteiger partial charge >= 0.3 is 11.9 Å². The fraction of sp³-hybridized carbons (Fsp3) is 0.529. The zero-order valence-corrected chi connectivity index (χ0v) is 13.7. The molecule has 0 radical (unpaired) electrons. The van der Waals surface area contributed by atoms with Gasteiger partial charge in [0.25, 0.3) is 0 Å². The van der Waals surface area contributed by atoms with Gasteiger partial charge in [-0.25, -0.2) is 0 Å². The predicted molar refractivity (Wildman–Crippen MR) is 84.2 cm³/mol. The molecule has 1 aromatic carbocycles. The SMILES string of the molecule is C[C@@H](NCCC(=O)OC(C)(C)C)C(=O)OCc1ccccc1. The lowest BCUT2D eigenvalue weighted by molar-refractivity contribution is -0.155. The normalized spacial score (nSPS) is 12.5. The number of carbonyl (C=O) groups excluding carboxylic acids is 2. The highest BCUT2D eigenvalue weighted by molar-refractivity contribution is 5.75. The summed E-state index contributed by atoms with van der Waals surface area (Å²) in [7, 11) is 0. The summed E-state index contributed by atoms with van der Waals surface area (Å²) in [5, 5.41) is 2.96. The summed E-state index contributed by atoms with van der Waals surface area (Å²) in [6.45, 7) is 7.79. The highest BCUT2D eigenvalue weighted by Gasteiger charge is 2.17. The predicted octanol–water partition coefficient (Wildman–Crippen LogP) is 2.44. The fourth-order valence-electron chi connectivity index (χ4n) is 1.72. The second kappa shape index (κ2) is 8.54. The van der Waals surface area contributed by atoms with Crippen molar-refractivity contribution in [3.05, 3.63) is 35.9 Å². The molecule has 5 nitrogen and oxygen atoms in total. The Labute approximate surface area is 132 Å². The molecule has 0 spiro atoms. The van der Waals surface area contributed by atoms with Gasteiger partial charge in [-0.05, 0) is 33.3 Å². The van der Waals surface area contributed by atoms with E-state index in [0.717, 1.165) is 5.56 Å². The van der Waals surface area contributed by atoms with Crippen LogP contribution in [0.4, 0.5) is 0 Å². The highest BCUT2D eigenvalue weighted by Crippen LogP contribution is 2.08. The minimum atomic E-state index is -0.489. The third-order valence-electron chi connectivity index (χ3n) is 2.78. The van der Waals surface area contributed by atoms with Crippen LogP contribution in [-0.4, -0.2) is 30.1 Å². The van der Waals surface area contributed by atoms with Gasteiger partial charge in [0, 0.05) is 6.54 Å². The standard InChI is InChI=1S/C17H25NO4/c1-13(18-11-10-15(19)22-17(2,3)4)16(20)21-12-14-8-6-5-7-9-14/h5-9,13,18H,10-12H2,1-4H3/t13-/m1/s1. The molecule has 122 valence electrons. The van der Waals surface area contributed by atoms with Gasteiger partial charge < -0.3 is 14.8 Å². The minimum absolute atomic E-state index is 0.216. The molecule has 1 aromatic rings. The molecule has 0 aliphatic rings. The molecule has 5 heteroatoms. The molecule has 0 amide bonds. The van der Waals surface area contributed by atoms with Gasteiger partial charge in [0.05, 0.1) is 6.42 Å². The van der Waals surface area contributed by atoms with Crippen molar-refractivity contribution in [1.82, 2.24) is 5.32 Å². The first-order chi connectivity index (χ1) is 10.3. The summed E-state index contributed by atoms with van der Waals surface area (Å²) >= 11 is 0. The third-order valence-corrected chi connectivity index (χ3v) is 2.78. The summed E-state index contributed by atoms with van der Waals surface area (Å²) in [6, 6.07) is 9.02. The Kier molecular flexibility index (Phi) is 7.05. The number of carbonyl (C=O) groups is 2. The second-order valence-electron chi connectivity index (χ2n) is 6.11. The smallest absolute Gasteiger partial charge is 0.323 e. The van der Waals surface area contributed by atoms with Crippen LogP contribution in [0.3, 0.4) is 0 Å². The number of rotatable bonds is 7. The van der Waals surface area contributed by atoms with Crippen molar-refractivity contribution in [3.63, 3.8) is 0 Å². The fourth-order valence-corrected chi connectivity index (χ4v) is 1.72. The maximum absolute atomic E-state index is 11.8. The molecule has 0 aliphatic carbocycles. The molecule has 0 fully saturated rings. The number of benzene rings is 1. The zero-order chi connectivity index (χ0) is 16.6. The Balaban J connectivity index is 2.23. The van der Waals surface area contributed by atoms with Gasteiger partial charge in [-0.15, -0.1) is 0 Å². The molecule has 22 heavy (non-hydrogen) atoms. The Morgan fingerprint density at radius 2 is 1.82 bits per heavy atom. The van der Waals surface area contributed by atoms with E-state index in [2.05, 4.69) is 5.32 Å². The van der Waals surface area contributed by atoms with Crippen LogP contribution in [0.25, 0.3) is 0 Å². The van der Waals surface area contributed by atoms with Crippen molar-refractivity contribution in [2.24, 2.45) is 0 Å². The molecule has 1 N–H and O–H groups in total. The number of esters is 2. The Hall–Kier alpha value is -1.88. The van der Waals surface area contributed by atoms with Gasteiger partial charge in [-0.1, -0.05) is 30.3 Å². The highest BCUT2D eigenvalue weighted by atomic mass is 16.6. The van der Waals surface area contributed by atoms with E-state index in [4.69, 9.17) is 9.47 Å². The summed E-state index contributed by atoms with van der Waals surface area (Å²) in [4.78, 5) is 23.4. The molecule has 0 bridgehead atoms. The van der Waals surface area contributed by atoms with Crippen molar-refractivity contribution in [2.45, 2.75) is 52.4 Å². The summed E-state index contributed by atoms with van der Waals surface area (Å²) in [5.74, 6) is -0.627. The first kappa shape index (κ1) is 18.2. The van der Waals surface area contributed by atoms with Crippen LogP contribution in [0.5, 0.6) is 0 Å². The second-order valence-corrected chi connectivity index (χ2v) is 6.11. The van der Waals surface area contributed by atoms with Crippen LogP contribution in [-0.2, 0) is 25.7 Å². The molecule has 1 rings (SSSR count). The van der Waals surface area contributed by atoms with E-state index in [1.54, 1.807) is 6.92 Å². The summed E-state index contributed by atoms with van der Waals surface area (Å²) in [6.07, 6.45) is 0.216. The van der Waals surface area contributed by atoms with Gasteiger partial charge in [0.1, 0.15) is 18.2 Å². The lowest BCUT2D eigenvalue weighted by atomic mass is 10.2. The number of hydrogen-bond donors (Lipinski definition) is 1. The number of hydrogen-bond acceptors (Lipinski definition) is 5. The summed E-state index contributed by atoms with van der Waals surface area (Å²) in [5.41, 5.74) is 0.453. The molecule has 1 atom stereocenters. The van der Waals surface area contributed by atoms with E-state index in [1.807, 2.05) is 51.1 Å². The average molecular weight is 307 g/mol. The van der Waals surface area contributed by atoms with Crippen molar-refractivity contribution < 1.29 is 19.1 Å². The first-order valence-corrected chi connectivity index (χ1v) is 7.44. The van der Waals surface area contributed by atoms with Gasteiger partial charge in [0.2, 0.25) is 0 Å². The largest absolute Gasteiger partial charge is 0.460 e. The molecule has 0 aromatic heterocycles. The molecule has 0 heterocycles. The van der Waals surface area contributed by atoms with Crippen molar-refractivity contribution in [1.29, 1.82) is 0 Å². The average Bonchev–Trinajstić information content (AvgIpc) is 2.43. The molecule has 0 saturated heterocycles. The van der Waals surface area contributed by atoms with Crippen LogP contribution in [0, 0.1) is 0 Å². The topological polar surface area (TPSA) is 64.6 Å². The van der Waals surface area contributed by atoms with Crippen LogP contribution < -0.4 is 5.32 Å². The number of nitrogens with one attached hydrogen (secondary N) is 1. The molecule has 0 saturated carbocycles. The Morgan fingerprint density at radius 3 is 2.41 bits per heavy atom. The maximum Gasteiger partial charge on any atom is 0.323 e. The van der Waals surface area contributed by atoms with Crippen LogP contribution >= 0.6 is 0 Å². The number of ether oxygens (including phenoxy) is 2. The van der Waals surface area contributed by atoms with Crippen molar-refractivity contribution in [2.75, 3.05) is 6.54 Å². The van der Waals surface area contributed by atoms with Gasteiger partial charge in [-0.3, -0.25) is 9.59 Å². The Bertz CT molecular complexity index is 479. The monoisotopic (exact) mass is 307 g/mol. The summed E-state index contributed by atoms with van der Waals surface area (Å²) < 4.78 is 10.4. The zero-order valence-electron chi connectivity index (χ0n) is 13.7. The van der Waals surface area contributed by atoms with E-state index < -0.39 is 11.6 Å². The van der Waals surface area contributed by atoms with Gasteiger partial charge in [-0.2, -0.15) is 0 Å². The minimum Gasteiger partial charge on any atom is -0.460 e. The van der Waals surface area contributed by atoms with E-state index in [1.165, 1.54) is 0 Å². The molecular formula is C17H25NO4. The quantitative estimate of drug-likeness (QED) is 0.784. The third kappa shape index (κ3) is 7.78. The van der Waals surface area contributed by atoms with Crippen LogP contribution in [0.2, 0.25) is 0 Å². The molecule has 0 unspecified atom stereocenters. The van der Waals surface area contributed by atoms with Crippen LogP contribution in [0.15, 0.2) is 30.3 Å². The molecular weight excluding hydrogens is 282 g/mol. The van der Waals surface area contributed by atoms with Crippen molar-refractivity contribution >= 4 is 11.9 Å². The van der Waals surface area contributed by atoms with E-state index in [0.29, 0.717) is 6.54 Å². The van der Waals surface area contributed by atoms with Crippen LogP contribution in [0.1, 0.15) is 39.7 Å². The first-order valence-electron chi connectivity index (χ1n) is 7.44. The van der Waals surface area contributed by atoms with E-state index in [-0.39, 0.29) is 25.0 Å². The Morgan fingerprint density at radius 1 is 1.18 bits per heavy atom. The maximum atomic E-state index is 11.8. The molecule has 0 aliphatic heterocycles.